The van der Waals surface area contributed by atoms with E-state index in [-0.39, 0.29) is 6.54 Å². The molecule has 3 N–H and O–H groups in total. The molecular weight excluding hydrogens is 328 g/mol. The lowest BCUT2D eigenvalue weighted by Crippen LogP contribution is -2.36. The lowest BCUT2D eigenvalue weighted by atomic mass is 10.1. The van der Waals surface area contributed by atoms with Gasteiger partial charge in [0.15, 0.2) is 0 Å². The average molecular weight is 348 g/mol. The van der Waals surface area contributed by atoms with Crippen molar-refractivity contribution < 1.29 is 19.4 Å². The molecule has 0 saturated carbocycles. The molecule has 2 rings (SSSR count). The number of ether oxygens (including phenoxy) is 1. The summed E-state index contributed by atoms with van der Waals surface area (Å²) in [7, 11) is 0. The number of aliphatic hydroxyl groups excluding tert-OH is 1. The fourth-order valence-corrected chi connectivity index (χ4v) is 2.73. The third kappa shape index (κ3) is 5.36. The molecule has 1 heterocycles. The van der Waals surface area contributed by atoms with E-state index >= 15 is 0 Å². The van der Waals surface area contributed by atoms with E-state index in [1.54, 1.807) is 24.3 Å². The van der Waals surface area contributed by atoms with E-state index in [4.69, 9.17) is 4.74 Å². The second kappa shape index (κ2) is 9.05. The second-order valence-corrected chi connectivity index (χ2v) is 5.81. The number of nitrogens with one attached hydrogen (secondary N) is 2. The highest BCUT2D eigenvalue weighted by Crippen LogP contribution is 2.18. The summed E-state index contributed by atoms with van der Waals surface area (Å²) in [4.78, 5) is 23.6. The van der Waals surface area contributed by atoms with Crippen LogP contribution in [0, 0.1) is 0 Å². The number of benzene rings is 1. The number of rotatable bonds is 7. The van der Waals surface area contributed by atoms with Crippen molar-refractivity contribution in [3.63, 3.8) is 0 Å². The van der Waals surface area contributed by atoms with Crippen molar-refractivity contribution in [3.8, 4) is 5.75 Å². The van der Waals surface area contributed by atoms with Crippen molar-refractivity contribution in [1.29, 1.82) is 0 Å². The van der Waals surface area contributed by atoms with Crippen molar-refractivity contribution >= 4 is 28.8 Å². The summed E-state index contributed by atoms with van der Waals surface area (Å²) in [6.45, 7) is 2.66. The highest BCUT2D eigenvalue weighted by atomic mass is 32.1. The van der Waals surface area contributed by atoms with E-state index in [0.717, 1.165) is 5.56 Å². The molecule has 0 aliphatic carbocycles. The van der Waals surface area contributed by atoms with Crippen molar-refractivity contribution in [1.82, 2.24) is 5.32 Å². The zero-order chi connectivity index (χ0) is 17.4. The van der Waals surface area contributed by atoms with Crippen LogP contribution in [0.2, 0.25) is 0 Å². The van der Waals surface area contributed by atoms with Gasteiger partial charge in [-0.3, -0.25) is 9.59 Å². The Morgan fingerprint density at radius 2 is 1.96 bits per heavy atom. The molecule has 1 unspecified atom stereocenters. The quantitative estimate of drug-likeness (QED) is 0.670. The van der Waals surface area contributed by atoms with E-state index < -0.39 is 17.9 Å². The highest BCUT2D eigenvalue weighted by molar-refractivity contribution is 7.07. The Morgan fingerprint density at radius 3 is 2.58 bits per heavy atom. The molecule has 0 bridgehead atoms. The number of anilines is 1. The van der Waals surface area contributed by atoms with Crippen molar-refractivity contribution in [3.05, 3.63) is 46.7 Å². The van der Waals surface area contributed by atoms with Gasteiger partial charge in [0.05, 0.1) is 12.7 Å². The van der Waals surface area contributed by atoms with Crippen LogP contribution in [-0.4, -0.2) is 30.1 Å². The topological polar surface area (TPSA) is 87.7 Å². The number of hydrogen-bond acceptors (Lipinski definition) is 5. The van der Waals surface area contributed by atoms with Crippen LogP contribution in [0.5, 0.6) is 5.75 Å². The van der Waals surface area contributed by atoms with Crippen LogP contribution in [0.25, 0.3) is 0 Å². The van der Waals surface area contributed by atoms with Gasteiger partial charge in [-0.15, -0.1) is 0 Å². The standard InChI is InChI=1S/C17H20N2O4S/c1-2-23-14-5-3-13(4-6-14)19-17(22)16(21)18-9-7-15(20)12-8-10-24-11-12/h3-6,8,10-11,15,20H,2,7,9H2,1H3,(H,18,21)(H,19,22). The zero-order valence-electron chi connectivity index (χ0n) is 13.3. The number of carbonyl (C=O) groups is 2. The van der Waals surface area contributed by atoms with E-state index in [1.165, 1.54) is 11.3 Å². The summed E-state index contributed by atoms with van der Waals surface area (Å²) in [6.07, 6.45) is -0.301. The fourth-order valence-electron chi connectivity index (χ4n) is 2.02. The minimum atomic E-state index is -0.746. The van der Waals surface area contributed by atoms with Gasteiger partial charge in [-0.1, -0.05) is 0 Å². The molecule has 128 valence electrons. The number of carbonyl (C=O) groups excluding carboxylic acids is 2. The molecule has 2 aromatic rings. The molecule has 24 heavy (non-hydrogen) atoms. The first-order valence-corrected chi connectivity index (χ1v) is 8.56. The van der Waals surface area contributed by atoms with Gasteiger partial charge in [-0.25, -0.2) is 0 Å². The lowest BCUT2D eigenvalue weighted by Gasteiger charge is -2.10. The van der Waals surface area contributed by atoms with Crippen LogP contribution in [0.1, 0.15) is 25.0 Å². The van der Waals surface area contributed by atoms with Gasteiger partial charge in [-0.2, -0.15) is 11.3 Å². The van der Waals surface area contributed by atoms with Crippen molar-refractivity contribution in [2.75, 3.05) is 18.5 Å². The largest absolute Gasteiger partial charge is 0.494 e. The Kier molecular flexibility index (Phi) is 6.77. The number of hydrogen-bond donors (Lipinski definition) is 3. The molecule has 7 heteroatoms. The molecule has 6 nitrogen and oxygen atoms in total. The van der Waals surface area contributed by atoms with Crippen LogP contribution >= 0.6 is 11.3 Å². The second-order valence-electron chi connectivity index (χ2n) is 5.03. The predicted octanol–water partition coefficient (Wildman–Crippen LogP) is 2.33. The fraction of sp³-hybridized carbons (Fsp3) is 0.294. The Hall–Kier alpha value is -2.38. The van der Waals surface area contributed by atoms with Crippen LogP contribution in [0.3, 0.4) is 0 Å². The maximum atomic E-state index is 11.8. The van der Waals surface area contributed by atoms with Gasteiger partial charge in [-0.05, 0) is 60.0 Å². The van der Waals surface area contributed by atoms with Gasteiger partial charge in [0.1, 0.15) is 5.75 Å². The molecule has 0 aliphatic rings. The summed E-state index contributed by atoms with van der Waals surface area (Å²) in [5, 5.41) is 18.6. The van der Waals surface area contributed by atoms with Crippen LogP contribution in [-0.2, 0) is 9.59 Å². The van der Waals surface area contributed by atoms with E-state index in [9.17, 15) is 14.7 Å². The lowest BCUT2D eigenvalue weighted by molar-refractivity contribution is -0.136. The molecule has 0 saturated heterocycles. The molecule has 1 aromatic heterocycles. The number of amides is 2. The normalized spacial score (nSPS) is 11.6. The minimum absolute atomic E-state index is 0.215. The van der Waals surface area contributed by atoms with Gasteiger partial charge < -0.3 is 20.5 Å². The maximum Gasteiger partial charge on any atom is 0.313 e. The Bertz CT molecular complexity index is 656. The van der Waals surface area contributed by atoms with Crippen LogP contribution in [0.4, 0.5) is 5.69 Å². The summed E-state index contributed by atoms with van der Waals surface area (Å²) < 4.78 is 5.30. The third-order valence-corrected chi connectivity index (χ3v) is 3.96. The van der Waals surface area contributed by atoms with Gasteiger partial charge in [0.25, 0.3) is 0 Å². The summed E-state index contributed by atoms with van der Waals surface area (Å²) in [5.74, 6) is -0.784. The van der Waals surface area contributed by atoms with Crippen molar-refractivity contribution in [2.45, 2.75) is 19.4 Å². The third-order valence-electron chi connectivity index (χ3n) is 3.26. The molecule has 2 amide bonds. The summed E-state index contributed by atoms with van der Waals surface area (Å²) in [5.41, 5.74) is 1.32. The first kappa shape index (κ1) is 18.0. The molecule has 1 aromatic carbocycles. The zero-order valence-corrected chi connectivity index (χ0v) is 14.1. The van der Waals surface area contributed by atoms with E-state index in [2.05, 4.69) is 10.6 Å². The Labute approximate surface area is 144 Å². The summed E-state index contributed by atoms with van der Waals surface area (Å²) >= 11 is 1.50. The van der Waals surface area contributed by atoms with Crippen LogP contribution < -0.4 is 15.4 Å². The van der Waals surface area contributed by atoms with E-state index in [1.807, 2.05) is 23.8 Å². The molecule has 0 radical (unpaired) electrons. The monoisotopic (exact) mass is 348 g/mol. The molecule has 0 spiro atoms. The predicted molar refractivity (Wildman–Crippen MR) is 93.1 cm³/mol. The van der Waals surface area contributed by atoms with E-state index in [0.29, 0.717) is 24.5 Å². The van der Waals surface area contributed by atoms with Gasteiger partial charge in [0.2, 0.25) is 0 Å². The molecule has 0 fully saturated rings. The molecule has 0 aliphatic heterocycles. The van der Waals surface area contributed by atoms with Crippen LogP contribution in [0.15, 0.2) is 41.1 Å². The van der Waals surface area contributed by atoms with Gasteiger partial charge >= 0.3 is 11.8 Å². The van der Waals surface area contributed by atoms with Crippen molar-refractivity contribution in [2.24, 2.45) is 0 Å². The first-order valence-electron chi connectivity index (χ1n) is 7.62. The molecular formula is C17H20N2O4S. The number of aliphatic hydroxyl groups is 1. The summed E-state index contributed by atoms with van der Waals surface area (Å²) in [6, 6.07) is 8.59. The average Bonchev–Trinajstić information content (AvgIpc) is 3.11. The first-order chi connectivity index (χ1) is 11.6. The SMILES string of the molecule is CCOc1ccc(NC(=O)C(=O)NCCC(O)c2ccsc2)cc1. The smallest absolute Gasteiger partial charge is 0.313 e. The Balaban J connectivity index is 1.74. The minimum Gasteiger partial charge on any atom is -0.494 e. The Morgan fingerprint density at radius 1 is 1.21 bits per heavy atom. The highest BCUT2D eigenvalue weighted by Gasteiger charge is 2.14. The maximum absolute atomic E-state index is 11.8. The van der Waals surface area contributed by atoms with Gasteiger partial charge in [0, 0.05) is 12.2 Å². The molecule has 1 atom stereocenters. The number of thiophene rings is 1.